The Kier molecular flexibility index (Phi) is 7.84. The molecule has 1 heterocycles. The van der Waals surface area contributed by atoms with Gasteiger partial charge in [0.2, 0.25) is 0 Å². The Bertz CT molecular complexity index is 1400. The summed E-state index contributed by atoms with van der Waals surface area (Å²) in [6.45, 7) is 3.58. The van der Waals surface area contributed by atoms with Crippen molar-refractivity contribution < 1.29 is 18.0 Å². The number of aliphatic imine (C=N–C) groups is 1. The number of nitriles is 1. The lowest BCUT2D eigenvalue weighted by atomic mass is 9.83. The van der Waals surface area contributed by atoms with Crippen molar-refractivity contribution in [1.29, 1.82) is 5.26 Å². The number of aromatic nitrogens is 1. The summed E-state index contributed by atoms with van der Waals surface area (Å²) in [6, 6.07) is 14.6. The van der Waals surface area contributed by atoms with Crippen LogP contribution in [0.15, 0.2) is 53.5 Å². The molecular weight excluding hydrogens is 501 g/mol. The van der Waals surface area contributed by atoms with Gasteiger partial charge in [-0.1, -0.05) is 30.2 Å². The zero-order valence-electron chi connectivity index (χ0n) is 20.4. The zero-order valence-corrected chi connectivity index (χ0v) is 21.2. The van der Waals surface area contributed by atoms with E-state index >= 15 is 0 Å². The number of hydrogen-bond acceptors (Lipinski definition) is 4. The second-order valence-electron chi connectivity index (χ2n) is 9.45. The van der Waals surface area contributed by atoms with Crippen molar-refractivity contribution in [2.45, 2.75) is 57.7 Å². The third kappa shape index (κ3) is 6.28. The number of carbonyl (C=O) groups excluding carboxylic acids is 1. The molecule has 1 aromatic heterocycles. The molecule has 5 nitrogen and oxygen atoms in total. The minimum absolute atomic E-state index is 0.00944. The van der Waals surface area contributed by atoms with E-state index < -0.39 is 11.9 Å². The number of pyridine rings is 1. The molecule has 37 heavy (non-hydrogen) atoms. The highest BCUT2D eigenvalue weighted by molar-refractivity contribution is 6.31. The molecule has 1 aliphatic rings. The van der Waals surface area contributed by atoms with Crippen LogP contribution in [0.3, 0.4) is 0 Å². The van der Waals surface area contributed by atoms with Gasteiger partial charge in [0.1, 0.15) is 5.69 Å². The molecule has 1 fully saturated rings. The van der Waals surface area contributed by atoms with Gasteiger partial charge in [0.05, 0.1) is 17.5 Å². The SMILES string of the molecule is CC(=NC(=O)c1cccc(C(C)C#N)c1)C1CCC[C@H](Nc2cc(C(F)(F)F)nc3ccc(Cl)cc23)C1. The standard InChI is InChI=1S/C28H26ClF3N4O/c1-16(15-33)18-5-3-7-20(11-18)27(37)34-17(2)19-6-4-8-22(12-19)35-25-14-26(28(30,31)32)36-24-10-9-21(29)13-23(24)25/h3,5,7,9-11,13-14,16,19,22H,4,6,8,12H2,1-2H3,(H,35,36)/t16?,19?,22-/m0/s1. The Morgan fingerprint density at radius 1 is 1.22 bits per heavy atom. The summed E-state index contributed by atoms with van der Waals surface area (Å²) in [4.78, 5) is 20.9. The fourth-order valence-corrected chi connectivity index (χ4v) is 4.89. The second kappa shape index (κ2) is 10.9. The van der Waals surface area contributed by atoms with Crippen LogP contribution in [0, 0.1) is 17.2 Å². The number of fused-ring (bicyclic) bond motifs is 1. The number of anilines is 1. The average molecular weight is 527 g/mol. The highest BCUT2D eigenvalue weighted by Crippen LogP contribution is 2.36. The van der Waals surface area contributed by atoms with Crippen LogP contribution in [0.5, 0.6) is 0 Å². The van der Waals surface area contributed by atoms with Gasteiger partial charge in [-0.05, 0) is 81.0 Å². The minimum atomic E-state index is -4.58. The summed E-state index contributed by atoms with van der Waals surface area (Å²) >= 11 is 6.12. The molecule has 3 atom stereocenters. The van der Waals surface area contributed by atoms with Crippen LogP contribution in [0.4, 0.5) is 18.9 Å². The van der Waals surface area contributed by atoms with Gasteiger partial charge in [0, 0.05) is 33.4 Å². The summed E-state index contributed by atoms with van der Waals surface area (Å²) in [5, 5.41) is 13.4. The van der Waals surface area contributed by atoms with Crippen molar-refractivity contribution in [2.24, 2.45) is 10.9 Å². The van der Waals surface area contributed by atoms with Crippen LogP contribution >= 0.6 is 11.6 Å². The molecule has 0 aliphatic heterocycles. The molecule has 1 saturated carbocycles. The van der Waals surface area contributed by atoms with E-state index in [1.165, 1.54) is 12.1 Å². The van der Waals surface area contributed by atoms with Crippen molar-refractivity contribution in [3.05, 3.63) is 70.4 Å². The highest BCUT2D eigenvalue weighted by atomic mass is 35.5. The normalized spacial score (nSPS) is 19.3. The third-order valence-electron chi connectivity index (χ3n) is 6.79. The molecule has 3 aromatic rings. The van der Waals surface area contributed by atoms with E-state index in [0.717, 1.165) is 30.9 Å². The highest BCUT2D eigenvalue weighted by Gasteiger charge is 2.34. The van der Waals surface area contributed by atoms with Crippen LogP contribution in [-0.4, -0.2) is 22.6 Å². The monoisotopic (exact) mass is 526 g/mol. The van der Waals surface area contributed by atoms with Gasteiger partial charge in [-0.15, -0.1) is 0 Å². The summed E-state index contributed by atoms with van der Waals surface area (Å²) < 4.78 is 40.5. The van der Waals surface area contributed by atoms with Gasteiger partial charge in [0.25, 0.3) is 5.91 Å². The first-order valence-electron chi connectivity index (χ1n) is 12.1. The fourth-order valence-electron chi connectivity index (χ4n) is 4.71. The fraction of sp³-hybridized carbons (Fsp3) is 0.357. The van der Waals surface area contributed by atoms with E-state index in [-0.39, 0.29) is 29.3 Å². The van der Waals surface area contributed by atoms with Crippen LogP contribution in [0.2, 0.25) is 5.02 Å². The molecule has 9 heteroatoms. The Morgan fingerprint density at radius 3 is 2.73 bits per heavy atom. The maximum Gasteiger partial charge on any atom is 0.433 e. The Labute approximate surface area is 218 Å². The van der Waals surface area contributed by atoms with E-state index in [4.69, 9.17) is 16.9 Å². The topological polar surface area (TPSA) is 78.1 Å². The van der Waals surface area contributed by atoms with E-state index in [1.807, 2.05) is 6.92 Å². The number of hydrogen-bond donors (Lipinski definition) is 1. The smallest absolute Gasteiger partial charge is 0.382 e. The van der Waals surface area contributed by atoms with E-state index in [9.17, 15) is 18.0 Å². The quantitative estimate of drug-likeness (QED) is 0.344. The lowest BCUT2D eigenvalue weighted by Gasteiger charge is -2.31. The molecule has 0 saturated heterocycles. The van der Waals surface area contributed by atoms with Gasteiger partial charge in [-0.25, -0.2) is 9.98 Å². The summed E-state index contributed by atoms with van der Waals surface area (Å²) in [7, 11) is 0. The number of amides is 1. The largest absolute Gasteiger partial charge is 0.433 e. The number of rotatable bonds is 5. The number of alkyl halides is 3. The third-order valence-corrected chi connectivity index (χ3v) is 7.03. The molecule has 1 aliphatic carbocycles. The number of nitrogens with zero attached hydrogens (tertiary/aromatic N) is 3. The predicted molar refractivity (Wildman–Crippen MR) is 139 cm³/mol. The van der Waals surface area contributed by atoms with Gasteiger partial charge in [-0.3, -0.25) is 4.79 Å². The van der Waals surface area contributed by atoms with Crippen molar-refractivity contribution >= 4 is 39.8 Å². The van der Waals surface area contributed by atoms with Crippen molar-refractivity contribution in [2.75, 3.05) is 5.32 Å². The number of nitrogens with one attached hydrogen (secondary N) is 1. The van der Waals surface area contributed by atoms with E-state index in [0.29, 0.717) is 33.8 Å². The first-order valence-corrected chi connectivity index (χ1v) is 12.5. The Balaban J connectivity index is 1.54. The number of halogens is 4. The maximum absolute atomic E-state index is 13.5. The lowest BCUT2D eigenvalue weighted by molar-refractivity contribution is -0.140. The summed E-state index contributed by atoms with van der Waals surface area (Å²) in [6.07, 6.45) is -1.50. The Morgan fingerprint density at radius 2 is 2.00 bits per heavy atom. The summed E-state index contributed by atoms with van der Waals surface area (Å²) in [5.41, 5.74) is 1.45. The van der Waals surface area contributed by atoms with Crippen LogP contribution in [0.25, 0.3) is 10.9 Å². The van der Waals surface area contributed by atoms with Gasteiger partial charge in [0.15, 0.2) is 0 Å². The van der Waals surface area contributed by atoms with Crippen LogP contribution in [-0.2, 0) is 6.18 Å². The number of carbonyl (C=O) groups is 1. The minimum Gasteiger partial charge on any atom is -0.382 e. The first kappa shape index (κ1) is 26.6. The van der Waals surface area contributed by atoms with E-state index in [1.54, 1.807) is 37.3 Å². The molecular formula is C28H26ClF3N4O. The second-order valence-corrected chi connectivity index (χ2v) is 9.89. The molecule has 0 bridgehead atoms. The molecule has 0 spiro atoms. The zero-order chi connectivity index (χ0) is 26.7. The van der Waals surface area contributed by atoms with E-state index in [2.05, 4.69) is 21.4 Å². The molecule has 192 valence electrons. The van der Waals surface area contributed by atoms with Crippen LogP contribution < -0.4 is 5.32 Å². The van der Waals surface area contributed by atoms with Crippen molar-refractivity contribution in [3.8, 4) is 6.07 Å². The lowest BCUT2D eigenvalue weighted by Crippen LogP contribution is -2.31. The maximum atomic E-state index is 13.5. The predicted octanol–water partition coefficient (Wildman–Crippen LogP) is 7.81. The first-order chi connectivity index (χ1) is 17.5. The molecule has 1 amide bonds. The molecule has 4 rings (SSSR count). The molecule has 2 unspecified atom stereocenters. The average Bonchev–Trinajstić information content (AvgIpc) is 2.88. The van der Waals surface area contributed by atoms with Crippen molar-refractivity contribution in [3.63, 3.8) is 0 Å². The number of benzene rings is 2. The van der Waals surface area contributed by atoms with Crippen molar-refractivity contribution in [1.82, 2.24) is 4.98 Å². The molecule has 0 radical (unpaired) electrons. The molecule has 1 N–H and O–H groups in total. The van der Waals surface area contributed by atoms with Gasteiger partial charge in [-0.2, -0.15) is 18.4 Å². The van der Waals surface area contributed by atoms with Crippen LogP contribution in [0.1, 0.15) is 67.1 Å². The van der Waals surface area contributed by atoms with Gasteiger partial charge < -0.3 is 5.32 Å². The Hall–Kier alpha value is -3.44. The summed E-state index contributed by atoms with van der Waals surface area (Å²) in [5.74, 6) is -0.695. The van der Waals surface area contributed by atoms with Gasteiger partial charge >= 0.3 is 6.18 Å². The molecule has 2 aromatic carbocycles.